The lowest BCUT2D eigenvalue weighted by atomic mass is 9.88. The largest absolute Gasteiger partial charge is 0.466 e. The molecule has 1 amide bonds. The fourth-order valence-corrected chi connectivity index (χ4v) is 4.70. The van der Waals surface area contributed by atoms with Crippen LogP contribution in [-0.4, -0.2) is 38.1 Å². The molecular weight excluding hydrogens is 462 g/mol. The maximum absolute atomic E-state index is 13.7. The molecule has 0 saturated heterocycles. The second-order valence-electron chi connectivity index (χ2n) is 9.70. The van der Waals surface area contributed by atoms with Gasteiger partial charge in [-0.05, 0) is 60.4 Å². The highest BCUT2D eigenvalue weighted by Gasteiger charge is 2.27. The van der Waals surface area contributed by atoms with Crippen molar-refractivity contribution in [1.82, 2.24) is 4.98 Å². The summed E-state index contributed by atoms with van der Waals surface area (Å²) in [6, 6.07) is 20.1. The molecule has 4 rings (SSSR count). The van der Waals surface area contributed by atoms with Crippen LogP contribution < -0.4 is 9.80 Å². The Labute approximate surface area is 219 Å². The van der Waals surface area contributed by atoms with Crippen molar-refractivity contribution in [3.05, 3.63) is 84.1 Å². The first-order valence-electron chi connectivity index (χ1n) is 12.8. The maximum Gasteiger partial charge on any atom is 0.330 e. The van der Waals surface area contributed by atoms with Gasteiger partial charge in [-0.1, -0.05) is 49.6 Å². The highest BCUT2D eigenvalue weighted by atomic mass is 16.5. The standard InChI is InChI=1S/C31H35N3O3/c1-33(2)27-16-14-25(15-17-27)29-18-12-24(21-32-29)22-34(31(36)26-9-5-4-6-10-26)28-11-7-8-23(20-28)13-19-30(35)37-3/h7-8,11-21,26H,4-6,9-10,22H2,1-3H3/b19-13+. The van der Waals surface area contributed by atoms with E-state index in [0.29, 0.717) is 6.54 Å². The molecule has 0 unspecified atom stereocenters. The van der Waals surface area contributed by atoms with Crippen molar-refractivity contribution < 1.29 is 14.3 Å². The number of ether oxygens (including phenoxy) is 1. The van der Waals surface area contributed by atoms with Gasteiger partial charge in [-0.3, -0.25) is 9.78 Å². The molecule has 0 radical (unpaired) electrons. The number of carbonyl (C=O) groups excluding carboxylic acids is 2. The number of anilines is 2. The molecule has 0 N–H and O–H groups in total. The van der Waals surface area contributed by atoms with Crippen LogP contribution in [0.15, 0.2) is 72.9 Å². The summed E-state index contributed by atoms with van der Waals surface area (Å²) in [7, 11) is 5.40. The van der Waals surface area contributed by atoms with Crippen LogP contribution >= 0.6 is 0 Å². The van der Waals surface area contributed by atoms with Gasteiger partial charge in [0.2, 0.25) is 5.91 Å². The Morgan fingerprint density at radius 3 is 2.38 bits per heavy atom. The third-order valence-corrected chi connectivity index (χ3v) is 6.86. The van der Waals surface area contributed by atoms with Crippen LogP contribution in [0.25, 0.3) is 17.3 Å². The quantitative estimate of drug-likeness (QED) is 0.277. The van der Waals surface area contributed by atoms with Crippen LogP contribution in [0.5, 0.6) is 0 Å². The molecule has 2 aromatic carbocycles. The summed E-state index contributed by atoms with van der Waals surface area (Å²) >= 11 is 0. The second kappa shape index (κ2) is 12.3. The van der Waals surface area contributed by atoms with Crippen molar-refractivity contribution in [1.29, 1.82) is 0 Å². The van der Waals surface area contributed by atoms with Crippen LogP contribution in [0.2, 0.25) is 0 Å². The van der Waals surface area contributed by atoms with Gasteiger partial charge in [0.05, 0.1) is 19.3 Å². The smallest absolute Gasteiger partial charge is 0.330 e. The Bertz CT molecular complexity index is 1230. The number of pyridine rings is 1. The number of hydrogen-bond acceptors (Lipinski definition) is 5. The normalized spacial score (nSPS) is 13.9. The summed E-state index contributed by atoms with van der Waals surface area (Å²) < 4.78 is 4.70. The van der Waals surface area contributed by atoms with Crippen LogP contribution in [0.1, 0.15) is 43.2 Å². The Hall–Kier alpha value is -3.93. The Kier molecular flexibility index (Phi) is 8.72. The Balaban J connectivity index is 1.58. The molecule has 1 aromatic heterocycles. The number of hydrogen-bond donors (Lipinski definition) is 0. The minimum absolute atomic E-state index is 0.0328. The van der Waals surface area contributed by atoms with E-state index in [2.05, 4.69) is 29.2 Å². The first-order chi connectivity index (χ1) is 17.9. The fourth-order valence-electron chi connectivity index (χ4n) is 4.70. The van der Waals surface area contributed by atoms with Crippen LogP contribution in [-0.2, 0) is 20.9 Å². The number of esters is 1. The monoisotopic (exact) mass is 497 g/mol. The first kappa shape index (κ1) is 26.1. The van der Waals surface area contributed by atoms with E-state index in [1.165, 1.54) is 19.6 Å². The minimum atomic E-state index is -0.414. The zero-order chi connectivity index (χ0) is 26.2. The predicted octanol–water partition coefficient (Wildman–Crippen LogP) is 6.11. The number of amides is 1. The number of methoxy groups -OCH3 is 1. The summed E-state index contributed by atoms with van der Waals surface area (Å²) in [5.74, 6) is -0.231. The summed E-state index contributed by atoms with van der Waals surface area (Å²) in [6.45, 7) is 0.437. The molecule has 1 fully saturated rings. The Morgan fingerprint density at radius 1 is 0.973 bits per heavy atom. The molecule has 1 saturated carbocycles. The number of carbonyl (C=O) groups is 2. The highest BCUT2D eigenvalue weighted by molar-refractivity contribution is 5.95. The lowest BCUT2D eigenvalue weighted by Crippen LogP contribution is -2.36. The zero-order valence-electron chi connectivity index (χ0n) is 21.9. The lowest BCUT2D eigenvalue weighted by Gasteiger charge is -2.30. The van der Waals surface area contributed by atoms with Crippen molar-refractivity contribution in [3.8, 4) is 11.3 Å². The number of nitrogens with zero attached hydrogens (tertiary/aromatic N) is 3. The summed E-state index contributed by atoms with van der Waals surface area (Å²) in [4.78, 5) is 33.9. The molecule has 3 aromatic rings. The van der Waals surface area contributed by atoms with Crippen LogP contribution in [0.3, 0.4) is 0 Å². The van der Waals surface area contributed by atoms with E-state index in [-0.39, 0.29) is 11.8 Å². The van der Waals surface area contributed by atoms with Crippen molar-refractivity contribution in [2.75, 3.05) is 31.0 Å². The van der Waals surface area contributed by atoms with Gasteiger partial charge in [-0.2, -0.15) is 0 Å². The molecule has 0 spiro atoms. The minimum Gasteiger partial charge on any atom is -0.466 e. The van der Waals surface area contributed by atoms with Crippen molar-refractivity contribution in [3.63, 3.8) is 0 Å². The van der Waals surface area contributed by atoms with Crippen molar-refractivity contribution >= 4 is 29.3 Å². The lowest BCUT2D eigenvalue weighted by molar-refractivity contribution is -0.134. The molecule has 0 atom stereocenters. The molecule has 6 nitrogen and oxygen atoms in total. The van der Waals surface area contributed by atoms with E-state index in [1.54, 1.807) is 6.08 Å². The van der Waals surface area contributed by atoms with Gasteiger partial charge in [-0.25, -0.2) is 4.79 Å². The van der Waals surface area contributed by atoms with E-state index >= 15 is 0 Å². The summed E-state index contributed by atoms with van der Waals surface area (Å²) in [5.41, 5.74) is 5.70. The van der Waals surface area contributed by atoms with Gasteiger partial charge in [0.1, 0.15) is 0 Å². The molecule has 1 aliphatic carbocycles. The number of aromatic nitrogens is 1. The van der Waals surface area contributed by atoms with Crippen LogP contribution in [0.4, 0.5) is 11.4 Å². The summed E-state index contributed by atoms with van der Waals surface area (Å²) in [6.07, 6.45) is 10.2. The highest BCUT2D eigenvalue weighted by Crippen LogP contribution is 2.30. The second-order valence-corrected chi connectivity index (χ2v) is 9.70. The molecule has 6 heteroatoms. The third kappa shape index (κ3) is 6.85. The summed E-state index contributed by atoms with van der Waals surface area (Å²) in [5, 5.41) is 0. The average Bonchev–Trinajstić information content (AvgIpc) is 2.95. The molecule has 192 valence electrons. The molecule has 37 heavy (non-hydrogen) atoms. The average molecular weight is 498 g/mol. The van der Waals surface area contributed by atoms with E-state index in [9.17, 15) is 9.59 Å². The number of benzene rings is 2. The van der Waals surface area contributed by atoms with Crippen molar-refractivity contribution in [2.24, 2.45) is 5.92 Å². The van der Waals surface area contributed by atoms with E-state index in [1.807, 2.05) is 61.6 Å². The predicted molar refractivity (Wildman–Crippen MR) is 149 cm³/mol. The van der Waals surface area contributed by atoms with Crippen molar-refractivity contribution in [2.45, 2.75) is 38.6 Å². The van der Waals surface area contributed by atoms with Gasteiger partial charge in [0, 0.05) is 49.2 Å². The zero-order valence-corrected chi connectivity index (χ0v) is 21.9. The van der Waals surface area contributed by atoms with Gasteiger partial charge >= 0.3 is 5.97 Å². The molecule has 1 heterocycles. The molecule has 0 aliphatic heterocycles. The Morgan fingerprint density at radius 2 is 1.73 bits per heavy atom. The topological polar surface area (TPSA) is 62.7 Å². The fraction of sp³-hybridized carbons (Fsp3) is 0.323. The van der Waals surface area contributed by atoms with E-state index < -0.39 is 5.97 Å². The SMILES string of the molecule is COC(=O)/C=C/c1cccc(N(Cc2ccc(-c3ccc(N(C)C)cc3)nc2)C(=O)C2CCCCC2)c1. The molecular formula is C31H35N3O3. The molecule has 1 aliphatic rings. The number of rotatable bonds is 8. The first-order valence-corrected chi connectivity index (χ1v) is 12.8. The van der Waals surface area contributed by atoms with Gasteiger partial charge in [0.25, 0.3) is 0 Å². The third-order valence-electron chi connectivity index (χ3n) is 6.86. The van der Waals surface area contributed by atoms with E-state index in [4.69, 9.17) is 9.72 Å². The maximum atomic E-state index is 13.7. The van der Waals surface area contributed by atoms with E-state index in [0.717, 1.165) is 59.4 Å². The van der Waals surface area contributed by atoms with Gasteiger partial charge in [0.15, 0.2) is 0 Å². The van der Waals surface area contributed by atoms with Gasteiger partial charge in [-0.15, -0.1) is 0 Å². The van der Waals surface area contributed by atoms with Crippen LogP contribution in [0, 0.1) is 5.92 Å². The molecule has 0 bridgehead atoms. The van der Waals surface area contributed by atoms with Gasteiger partial charge < -0.3 is 14.5 Å².